The first-order valence-electron chi connectivity index (χ1n) is 9.11. The van der Waals surface area contributed by atoms with Gasteiger partial charge in [0, 0.05) is 17.5 Å². The molecule has 9 nitrogen and oxygen atoms in total. The second kappa shape index (κ2) is 6.33. The van der Waals surface area contributed by atoms with Crippen LogP contribution in [-0.2, 0) is 9.63 Å². The number of carbonyl (C=O) groups is 1. The quantitative estimate of drug-likeness (QED) is 0.641. The van der Waals surface area contributed by atoms with Gasteiger partial charge in [0.2, 0.25) is 0 Å². The van der Waals surface area contributed by atoms with Crippen LogP contribution in [0.25, 0.3) is 16.6 Å². The third kappa shape index (κ3) is 2.63. The van der Waals surface area contributed by atoms with Crippen molar-refractivity contribution in [1.82, 2.24) is 35.6 Å². The Hall–Kier alpha value is -2.52. The Morgan fingerprint density at radius 3 is 3.00 bits per heavy atom. The molecule has 5 rings (SSSR count). The Morgan fingerprint density at radius 2 is 2.19 bits per heavy atom. The molecule has 1 saturated carbocycles. The van der Waals surface area contributed by atoms with E-state index in [0.29, 0.717) is 18.4 Å². The second-order valence-electron chi connectivity index (χ2n) is 7.21. The van der Waals surface area contributed by atoms with Gasteiger partial charge in [0.1, 0.15) is 23.5 Å². The van der Waals surface area contributed by atoms with Gasteiger partial charge in [0.05, 0.1) is 12.3 Å². The highest BCUT2D eigenvalue weighted by Gasteiger charge is 2.29. The van der Waals surface area contributed by atoms with Crippen molar-refractivity contribution in [2.45, 2.75) is 37.6 Å². The molecular weight excluding hydrogens is 334 g/mol. The minimum Gasteiger partial charge on any atom is -0.346 e. The monoisotopic (exact) mass is 355 g/mol. The van der Waals surface area contributed by atoms with E-state index in [2.05, 4.69) is 31.1 Å². The molecule has 3 aromatic heterocycles. The van der Waals surface area contributed by atoms with Crippen LogP contribution in [-0.4, -0.2) is 49.9 Å². The molecule has 3 N–H and O–H groups in total. The highest BCUT2D eigenvalue weighted by atomic mass is 16.7. The van der Waals surface area contributed by atoms with Gasteiger partial charge in [-0.3, -0.25) is 9.63 Å². The number of fused-ring (bicyclic) bond motifs is 3. The van der Waals surface area contributed by atoms with Crippen molar-refractivity contribution in [3.05, 3.63) is 24.3 Å². The summed E-state index contributed by atoms with van der Waals surface area (Å²) in [6, 6.07) is 1.82. The Kier molecular flexibility index (Phi) is 3.83. The van der Waals surface area contributed by atoms with Crippen LogP contribution in [0.1, 0.15) is 37.3 Å². The molecule has 0 aromatic carbocycles. The van der Waals surface area contributed by atoms with Crippen molar-refractivity contribution in [3.63, 3.8) is 0 Å². The fraction of sp³-hybridized carbons (Fsp3) is 0.529. The molecule has 136 valence electrons. The van der Waals surface area contributed by atoms with Gasteiger partial charge in [-0.2, -0.15) is 0 Å². The van der Waals surface area contributed by atoms with Crippen molar-refractivity contribution >= 4 is 22.5 Å². The number of nitrogens with zero attached hydrogens (tertiary/aromatic N) is 4. The van der Waals surface area contributed by atoms with E-state index in [9.17, 15) is 4.79 Å². The Morgan fingerprint density at radius 1 is 1.31 bits per heavy atom. The zero-order valence-electron chi connectivity index (χ0n) is 14.3. The van der Waals surface area contributed by atoms with Gasteiger partial charge in [-0.05, 0) is 44.2 Å². The molecule has 3 aromatic rings. The maximum atomic E-state index is 11.5. The van der Waals surface area contributed by atoms with Crippen LogP contribution in [0.15, 0.2) is 18.6 Å². The van der Waals surface area contributed by atoms with E-state index in [1.807, 2.05) is 12.3 Å². The first-order valence-corrected chi connectivity index (χ1v) is 9.11. The molecule has 26 heavy (non-hydrogen) atoms. The lowest BCUT2D eigenvalue weighted by Gasteiger charge is -2.28. The highest BCUT2D eigenvalue weighted by molar-refractivity contribution is 5.92. The van der Waals surface area contributed by atoms with E-state index in [0.717, 1.165) is 54.5 Å². The molecule has 1 aliphatic carbocycles. The first-order chi connectivity index (χ1) is 12.8. The number of hydrogen-bond acceptors (Lipinski definition) is 6. The summed E-state index contributed by atoms with van der Waals surface area (Å²) in [5.41, 5.74) is 5.40. The summed E-state index contributed by atoms with van der Waals surface area (Å²) < 4.78 is 1.78. The number of H-pyrrole nitrogens is 1. The maximum absolute atomic E-state index is 11.5. The number of hydrogen-bond donors (Lipinski definition) is 3. The predicted molar refractivity (Wildman–Crippen MR) is 93.2 cm³/mol. The van der Waals surface area contributed by atoms with Crippen LogP contribution in [0.2, 0.25) is 0 Å². The van der Waals surface area contributed by atoms with Crippen LogP contribution in [0.5, 0.6) is 0 Å². The zero-order valence-corrected chi connectivity index (χ0v) is 14.3. The predicted octanol–water partition coefficient (Wildman–Crippen LogP) is 0.899. The fourth-order valence-corrected chi connectivity index (χ4v) is 4.14. The third-order valence-electron chi connectivity index (χ3n) is 5.62. The summed E-state index contributed by atoms with van der Waals surface area (Å²) in [6.45, 7) is 1.25. The van der Waals surface area contributed by atoms with Gasteiger partial charge in [-0.1, -0.05) is 5.21 Å². The smallest absolute Gasteiger partial charge is 0.263 e. The van der Waals surface area contributed by atoms with Crippen LogP contribution < -0.4 is 10.8 Å². The summed E-state index contributed by atoms with van der Waals surface area (Å²) in [5, 5.41) is 13.1. The number of aromatic amines is 1. The maximum Gasteiger partial charge on any atom is 0.263 e. The number of rotatable bonds is 4. The molecule has 2 aliphatic rings. The van der Waals surface area contributed by atoms with Gasteiger partial charge in [0.15, 0.2) is 0 Å². The molecule has 9 heteroatoms. The lowest BCUT2D eigenvalue weighted by Crippen LogP contribution is -2.40. The molecule has 1 saturated heterocycles. The normalized spacial score (nSPS) is 26.6. The molecule has 1 unspecified atom stereocenters. The van der Waals surface area contributed by atoms with Gasteiger partial charge < -0.3 is 10.3 Å². The summed E-state index contributed by atoms with van der Waals surface area (Å²) in [4.78, 5) is 24.0. The van der Waals surface area contributed by atoms with E-state index < -0.39 is 0 Å². The highest BCUT2D eigenvalue weighted by Crippen LogP contribution is 2.37. The molecule has 2 fully saturated rings. The first kappa shape index (κ1) is 15.7. The molecule has 4 heterocycles. The second-order valence-corrected chi connectivity index (χ2v) is 7.21. The Labute approximate surface area is 149 Å². The van der Waals surface area contributed by atoms with Gasteiger partial charge >= 0.3 is 0 Å². The van der Waals surface area contributed by atoms with Gasteiger partial charge in [0.25, 0.3) is 5.91 Å². The summed E-state index contributed by atoms with van der Waals surface area (Å²) in [5.74, 6) is 0.927. The molecule has 0 radical (unpaired) electrons. The van der Waals surface area contributed by atoms with E-state index >= 15 is 0 Å². The molecule has 1 aliphatic heterocycles. The summed E-state index contributed by atoms with van der Waals surface area (Å²) in [7, 11) is 0. The van der Waals surface area contributed by atoms with Crippen molar-refractivity contribution in [3.8, 4) is 0 Å². The average Bonchev–Trinajstić information content (AvgIpc) is 3.39. The van der Waals surface area contributed by atoms with E-state index in [1.54, 1.807) is 10.8 Å². The fourth-order valence-electron chi connectivity index (χ4n) is 4.14. The van der Waals surface area contributed by atoms with E-state index in [-0.39, 0.29) is 11.9 Å². The minimum absolute atomic E-state index is 0.0710. The average molecular weight is 355 g/mol. The molecule has 0 spiro atoms. The standard InChI is InChI=1S/C17H21N7O2/c25-17-13(8-26-22-17)19-7-10-1-3-11(4-2-10)14-15-12-5-6-18-16(12)20-9-24(15)23-21-14/h5-6,9-11,13,18-19H,1-4,7-8H2,(H,22,25). The van der Waals surface area contributed by atoms with Crippen LogP contribution in [0.3, 0.4) is 0 Å². The van der Waals surface area contributed by atoms with Crippen molar-refractivity contribution in [2.75, 3.05) is 13.2 Å². The number of aromatic nitrogens is 5. The van der Waals surface area contributed by atoms with Crippen LogP contribution >= 0.6 is 0 Å². The van der Waals surface area contributed by atoms with Gasteiger partial charge in [-0.25, -0.2) is 15.0 Å². The number of hydroxylamine groups is 1. The van der Waals surface area contributed by atoms with Crippen molar-refractivity contribution in [2.24, 2.45) is 5.92 Å². The van der Waals surface area contributed by atoms with Gasteiger partial charge in [-0.15, -0.1) is 5.10 Å². The zero-order chi connectivity index (χ0) is 17.5. The van der Waals surface area contributed by atoms with Crippen LogP contribution in [0.4, 0.5) is 0 Å². The van der Waals surface area contributed by atoms with Crippen molar-refractivity contribution in [1.29, 1.82) is 0 Å². The lowest BCUT2D eigenvalue weighted by atomic mass is 9.80. The molecule has 1 amide bonds. The Bertz CT molecular complexity index is 941. The third-order valence-corrected chi connectivity index (χ3v) is 5.62. The number of nitrogens with one attached hydrogen (secondary N) is 3. The Balaban J connectivity index is 1.27. The number of carbonyl (C=O) groups excluding carboxylic acids is 1. The molecule has 0 bridgehead atoms. The molecule has 1 atom stereocenters. The lowest BCUT2D eigenvalue weighted by molar-refractivity contribution is -0.125. The SMILES string of the molecule is O=C1NOCC1NCC1CCC(c2nnn3cnc4[nH]ccc4c23)CC1. The van der Waals surface area contributed by atoms with Crippen LogP contribution in [0, 0.1) is 5.92 Å². The summed E-state index contributed by atoms with van der Waals surface area (Å²) >= 11 is 0. The topological polar surface area (TPSA) is 109 Å². The van der Waals surface area contributed by atoms with Crippen molar-refractivity contribution < 1.29 is 9.63 Å². The minimum atomic E-state index is -0.219. The number of amides is 1. The van der Waals surface area contributed by atoms with E-state index in [1.165, 1.54) is 0 Å². The van der Waals surface area contributed by atoms with E-state index in [4.69, 9.17) is 4.84 Å². The molecular formula is C17H21N7O2. The largest absolute Gasteiger partial charge is 0.346 e. The summed E-state index contributed by atoms with van der Waals surface area (Å²) in [6.07, 6.45) is 8.03.